The maximum absolute atomic E-state index is 12.6. The van der Waals surface area contributed by atoms with E-state index in [1.165, 1.54) is 0 Å². The number of likely N-dealkylation sites (tertiary alicyclic amines) is 1. The summed E-state index contributed by atoms with van der Waals surface area (Å²) >= 11 is 11.9. The first-order valence-corrected chi connectivity index (χ1v) is 8.90. The van der Waals surface area contributed by atoms with Crippen LogP contribution in [0.3, 0.4) is 0 Å². The highest BCUT2D eigenvalue weighted by Crippen LogP contribution is 2.25. The van der Waals surface area contributed by atoms with Crippen LogP contribution < -0.4 is 10.6 Å². The van der Waals surface area contributed by atoms with Gasteiger partial charge in [0.15, 0.2) is 0 Å². The van der Waals surface area contributed by atoms with Crippen molar-refractivity contribution in [2.45, 2.75) is 19.3 Å². The molecule has 1 aromatic carbocycles. The number of amides is 3. The highest BCUT2D eigenvalue weighted by atomic mass is 35.5. The van der Waals surface area contributed by atoms with E-state index in [2.05, 4.69) is 10.6 Å². The highest BCUT2D eigenvalue weighted by Gasteiger charge is 2.29. The molecule has 1 aromatic rings. The predicted octanol–water partition coefficient (Wildman–Crippen LogP) is 2.10. The number of nitrogens with one attached hydrogen (secondary N) is 2. The molecule has 1 saturated heterocycles. The van der Waals surface area contributed by atoms with Gasteiger partial charge in [-0.2, -0.15) is 0 Å². The Morgan fingerprint density at radius 3 is 2.68 bits per heavy atom. The number of hydrogen-bond acceptors (Lipinski definition) is 3. The van der Waals surface area contributed by atoms with Gasteiger partial charge in [-0.05, 0) is 31.0 Å². The number of piperidine rings is 1. The zero-order valence-electron chi connectivity index (χ0n) is 14.0. The zero-order chi connectivity index (χ0) is 18.4. The summed E-state index contributed by atoms with van der Waals surface area (Å²) in [7, 11) is 1.55. The van der Waals surface area contributed by atoms with Gasteiger partial charge in [-0.15, -0.1) is 0 Å². The first kappa shape index (κ1) is 19.5. The standard InChI is InChI=1S/C17H21Cl2N3O3/c1-20-15(23)6-7-21-16(24)12-3-2-8-22(10-12)17(25)11-4-5-13(18)14(19)9-11/h4-5,9,12H,2-3,6-8,10H2,1H3,(H,20,23)(H,21,24)/t12-/m1/s1. The van der Waals surface area contributed by atoms with Crippen molar-refractivity contribution in [3.05, 3.63) is 33.8 Å². The van der Waals surface area contributed by atoms with Crippen LogP contribution in [0, 0.1) is 5.92 Å². The fraction of sp³-hybridized carbons (Fsp3) is 0.471. The quantitative estimate of drug-likeness (QED) is 0.814. The van der Waals surface area contributed by atoms with Crippen molar-refractivity contribution in [3.63, 3.8) is 0 Å². The summed E-state index contributed by atoms with van der Waals surface area (Å²) in [4.78, 5) is 37.7. The number of benzene rings is 1. The maximum atomic E-state index is 12.6. The molecule has 1 aliphatic heterocycles. The summed E-state index contributed by atoms with van der Waals surface area (Å²) < 4.78 is 0. The number of carbonyl (C=O) groups excluding carboxylic acids is 3. The van der Waals surface area contributed by atoms with Crippen LogP contribution in [0.1, 0.15) is 29.6 Å². The van der Waals surface area contributed by atoms with Gasteiger partial charge in [-0.25, -0.2) is 0 Å². The molecule has 1 aliphatic rings. The van der Waals surface area contributed by atoms with Crippen molar-refractivity contribution in [1.82, 2.24) is 15.5 Å². The lowest BCUT2D eigenvalue weighted by Gasteiger charge is -2.32. The molecular weight excluding hydrogens is 365 g/mol. The molecule has 2 N–H and O–H groups in total. The smallest absolute Gasteiger partial charge is 0.253 e. The third kappa shape index (κ3) is 5.34. The van der Waals surface area contributed by atoms with E-state index in [1.807, 2.05) is 0 Å². The average molecular weight is 386 g/mol. The molecule has 0 radical (unpaired) electrons. The Kier molecular flexibility index (Phi) is 7.08. The summed E-state index contributed by atoms with van der Waals surface area (Å²) in [6.07, 6.45) is 1.71. The number of carbonyl (C=O) groups is 3. The van der Waals surface area contributed by atoms with Crippen LogP contribution >= 0.6 is 23.2 Å². The van der Waals surface area contributed by atoms with Gasteiger partial charge in [0, 0.05) is 38.7 Å². The molecule has 0 aromatic heterocycles. The van der Waals surface area contributed by atoms with Crippen molar-refractivity contribution >= 4 is 40.9 Å². The normalized spacial score (nSPS) is 17.1. The molecule has 1 atom stereocenters. The lowest BCUT2D eigenvalue weighted by Crippen LogP contribution is -2.45. The molecule has 6 nitrogen and oxygen atoms in total. The van der Waals surface area contributed by atoms with Crippen molar-refractivity contribution in [3.8, 4) is 0 Å². The first-order chi connectivity index (χ1) is 11.9. The first-order valence-electron chi connectivity index (χ1n) is 8.15. The summed E-state index contributed by atoms with van der Waals surface area (Å²) in [6, 6.07) is 4.76. The van der Waals surface area contributed by atoms with Crippen LogP contribution in [0.4, 0.5) is 0 Å². The van der Waals surface area contributed by atoms with Gasteiger partial charge in [-0.3, -0.25) is 14.4 Å². The number of halogens is 2. The van der Waals surface area contributed by atoms with Gasteiger partial charge < -0.3 is 15.5 Å². The van der Waals surface area contributed by atoms with Gasteiger partial charge in [0.1, 0.15) is 0 Å². The summed E-state index contributed by atoms with van der Waals surface area (Å²) in [5, 5.41) is 5.98. The Balaban J connectivity index is 1.93. The molecule has 25 heavy (non-hydrogen) atoms. The number of rotatable bonds is 5. The van der Waals surface area contributed by atoms with E-state index >= 15 is 0 Å². The van der Waals surface area contributed by atoms with E-state index in [4.69, 9.17) is 23.2 Å². The van der Waals surface area contributed by atoms with Crippen molar-refractivity contribution in [2.75, 3.05) is 26.7 Å². The molecule has 8 heteroatoms. The molecule has 0 spiro atoms. The van der Waals surface area contributed by atoms with Gasteiger partial charge in [0.05, 0.1) is 16.0 Å². The fourth-order valence-electron chi connectivity index (χ4n) is 2.76. The third-order valence-corrected chi connectivity index (χ3v) is 4.92. The molecule has 136 valence electrons. The van der Waals surface area contributed by atoms with Crippen LogP contribution in [-0.4, -0.2) is 49.3 Å². The van der Waals surface area contributed by atoms with Crippen LogP contribution in [0.2, 0.25) is 10.0 Å². The molecule has 3 amide bonds. The molecule has 0 saturated carbocycles. The zero-order valence-corrected chi connectivity index (χ0v) is 15.5. The van der Waals surface area contributed by atoms with E-state index in [0.29, 0.717) is 28.7 Å². The minimum atomic E-state index is -0.273. The van der Waals surface area contributed by atoms with E-state index in [1.54, 1.807) is 30.1 Å². The lowest BCUT2D eigenvalue weighted by molar-refractivity contribution is -0.126. The third-order valence-electron chi connectivity index (χ3n) is 4.18. The molecule has 0 aliphatic carbocycles. The molecule has 2 rings (SSSR count). The average Bonchev–Trinajstić information content (AvgIpc) is 2.63. The topological polar surface area (TPSA) is 78.5 Å². The van der Waals surface area contributed by atoms with Crippen LogP contribution in [0.15, 0.2) is 18.2 Å². The summed E-state index contributed by atoms with van der Waals surface area (Å²) in [5.41, 5.74) is 0.454. The van der Waals surface area contributed by atoms with E-state index in [-0.39, 0.29) is 36.6 Å². The van der Waals surface area contributed by atoms with Crippen LogP contribution in [0.25, 0.3) is 0 Å². The second-order valence-corrected chi connectivity index (χ2v) is 6.75. The SMILES string of the molecule is CNC(=O)CCNC(=O)[C@@H]1CCCN(C(=O)c2ccc(Cl)c(Cl)c2)C1. The Bertz CT molecular complexity index is 667. The maximum Gasteiger partial charge on any atom is 0.253 e. The number of hydrogen-bond donors (Lipinski definition) is 2. The summed E-state index contributed by atoms with van der Waals surface area (Å²) in [5.74, 6) is -0.692. The van der Waals surface area contributed by atoms with Gasteiger partial charge in [-0.1, -0.05) is 23.2 Å². The minimum absolute atomic E-state index is 0.125. The second kappa shape index (κ2) is 9.06. The van der Waals surface area contributed by atoms with Crippen molar-refractivity contribution in [2.24, 2.45) is 5.92 Å². The highest BCUT2D eigenvalue weighted by molar-refractivity contribution is 6.42. The van der Waals surface area contributed by atoms with Crippen molar-refractivity contribution < 1.29 is 14.4 Å². The van der Waals surface area contributed by atoms with E-state index in [0.717, 1.165) is 12.8 Å². The van der Waals surface area contributed by atoms with Gasteiger partial charge in [0.25, 0.3) is 5.91 Å². The molecule has 0 bridgehead atoms. The Labute approximate surface area is 156 Å². The summed E-state index contributed by atoms with van der Waals surface area (Å²) in [6.45, 7) is 1.24. The molecular formula is C17H21Cl2N3O3. The van der Waals surface area contributed by atoms with E-state index in [9.17, 15) is 14.4 Å². The lowest BCUT2D eigenvalue weighted by atomic mass is 9.96. The Hall–Kier alpha value is -1.79. The monoisotopic (exact) mass is 385 g/mol. The second-order valence-electron chi connectivity index (χ2n) is 5.93. The molecule has 0 unspecified atom stereocenters. The van der Waals surface area contributed by atoms with Crippen LogP contribution in [0.5, 0.6) is 0 Å². The van der Waals surface area contributed by atoms with E-state index < -0.39 is 0 Å². The molecule has 1 fully saturated rings. The largest absolute Gasteiger partial charge is 0.359 e. The minimum Gasteiger partial charge on any atom is -0.359 e. The Morgan fingerprint density at radius 2 is 2.00 bits per heavy atom. The van der Waals surface area contributed by atoms with Crippen LogP contribution in [-0.2, 0) is 9.59 Å². The van der Waals surface area contributed by atoms with Crippen molar-refractivity contribution in [1.29, 1.82) is 0 Å². The number of nitrogens with zero attached hydrogens (tertiary/aromatic N) is 1. The molecule has 1 heterocycles. The predicted molar refractivity (Wildman–Crippen MR) is 96.8 cm³/mol. The Morgan fingerprint density at radius 1 is 1.24 bits per heavy atom. The fourth-order valence-corrected chi connectivity index (χ4v) is 3.05. The van der Waals surface area contributed by atoms with Gasteiger partial charge >= 0.3 is 0 Å². The van der Waals surface area contributed by atoms with Gasteiger partial charge in [0.2, 0.25) is 11.8 Å².